The fraction of sp³-hybridized carbons (Fsp3) is 0.643. The molecule has 0 aromatic carbocycles. The molecule has 1 aromatic heterocycles. The van der Waals surface area contributed by atoms with Gasteiger partial charge in [0, 0.05) is 38.3 Å². The molecule has 2 amide bonds. The van der Waals surface area contributed by atoms with Gasteiger partial charge in [-0.2, -0.15) is 0 Å². The highest BCUT2D eigenvalue weighted by Crippen LogP contribution is 2.13. The number of nitrogens with one attached hydrogen (secondary N) is 2. The van der Waals surface area contributed by atoms with Gasteiger partial charge >= 0.3 is 0 Å². The summed E-state index contributed by atoms with van der Waals surface area (Å²) in [6.45, 7) is 6.02. The van der Waals surface area contributed by atoms with E-state index in [4.69, 9.17) is 0 Å². The molecular weight excluding hydrogens is 256 g/mol. The van der Waals surface area contributed by atoms with Gasteiger partial charge in [0.15, 0.2) is 0 Å². The highest BCUT2D eigenvalue weighted by Gasteiger charge is 2.27. The third-order valence-electron chi connectivity index (χ3n) is 3.59. The molecule has 20 heavy (non-hydrogen) atoms. The smallest absolute Gasteiger partial charge is 0.243 e. The first kappa shape index (κ1) is 14.6. The Kier molecular flexibility index (Phi) is 4.42. The minimum atomic E-state index is -0.475. The average Bonchev–Trinajstić information content (AvgIpc) is 2.82. The van der Waals surface area contributed by atoms with E-state index >= 15 is 0 Å². The molecule has 0 radical (unpaired) electrons. The summed E-state index contributed by atoms with van der Waals surface area (Å²) in [7, 11) is 0. The lowest BCUT2D eigenvalue weighted by Gasteiger charge is -2.28. The van der Waals surface area contributed by atoms with Crippen LogP contribution in [0.4, 0.5) is 0 Å². The first-order chi connectivity index (χ1) is 9.47. The second-order valence-corrected chi connectivity index (χ2v) is 5.66. The zero-order valence-electron chi connectivity index (χ0n) is 12.2. The maximum absolute atomic E-state index is 12.3. The van der Waals surface area contributed by atoms with Crippen LogP contribution in [-0.4, -0.2) is 33.4 Å². The Morgan fingerprint density at radius 1 is 1.45 bits per heavy atom. The molecule has 0 fully saturated rings. The maximum Gasteiger partial charge on any atom is 0.243 e. The lowest BCUT2D eigenvalue weighted by molar-refractivity contribution is -0.129. The Morgan fingerprint density at radius 2 is 2.20 bits per heavy atom. The van der Waals surface area contributed by atoms with Crippen LogP contribution in [-0.2, 0) is 22.6 Å². The Balaban J connectivity index is 1.95. The average molecular weight is 278 g/mol. The van der Waals surface area contributed by atoms with Crippen molar-refractivity contribution in [1.82, 2.24) is 20.2 Å². The molecule has 0 bridgehead atoms. The minimum Gasteiger partial charge on any atom is -0.350 e. The highest BCUT2D eigenvalue weighted by atomic mass is 16.2. The normalized spacial score (nSPS) is 19.3. The Morgan fingerprint density at radius 3 is 2.85 bits per heavy atom. The summed E-state index contributed by atoms with van der Waals surface area (Å²) in [5.41, 5.74) is 0. The van der Waals surface area contributed by atoms with E-state index in [9.17, 15) is 9.59 Å². The Hall–Kier alpha value is -1.85. The number of carbonyl (C=O) groups excluding carboxylic acids is 2. The fourth-order valence-corrected chi connectivity index (χ4v) is 2.53. The number of fused-ring (bicyclic) bond motifs is 1. The van der Waals surface area contributed by atoms with E-state index in [0.29, 0.717) is 0 Å². The van der Waals surface area contributed by atoms with Gasteiger partial charge in [0.05, 0.1) is 0 Å². The number of hydrogen-bond donors (Lipinski definition) is 2. The quantitative estimate of drug-likeness (QED) is 0.841. The number of rotatable bonds is 4. The van der Waals surface area contributed by atoms with Crippen LogP contribution in [0.1, 0.15) is 33.0 Å². The van der Waals surface area contributed by atoms with Gasteiger partial charge in [0.1, 0.15) is 11.9 Å². The molecule has 0 saturated heterocycles. The van der Waals surface area contributed by atoms with Crippen molar-refractivity contribution in [2.75, 3.05) is 0 Å². The number of amides is 2. The van der Waals surface area contributed by atoms with Crippen LogP contribution in [0.3, 0.4) is 0 Å². The lowest BCUT2D eigenvalue weighted by atomic mass is 10.0. The highest BCUT2D eigenvalue weighted by molar-refractivity contribution is 5.87. The molecular formula is C14H22N4O2. The predicted molar refractivity (Wildman–Crippen MR) is 74.9 cm³/mol. The molecule has 1 aromatic rings. The van der Waals surface area contributed by atoms with Crippen LogP contribution in [0.5, 0.6) is 0 Å². The summed E-state index contributed by atoms with van der Waals surface area (Å²) in [4.78, 5) is 27.7. The first-order valence-electron chi connectivity index (χ1n) is 7.05. The largest absolute Gasteiger partial charge is 0.350 e. The van der Waals surface area contributed by atoms with E-state index in [-0.39, 0.29) is 23.8 Å². The van der Waals surface area contributed by atoms with Crippen LogP contribution in [0.25, 0.3) is 0 Å². The number of hydrogen-bond acceptors (Lipinski definition) is 3. The second kappa shape index (κ2) is 6.07. The number of aromatic nitrogens is 2. The van der Waals surface area contributed by atoms with Crippen LogP contribution < -0.4 is 10.6 Å². The molecule has 2 rings (SSSR count). The van der Waals surface area contributed by atoms with Crippen molar-refractivity contribution in [2.24, 2.45) is 5.92 Å². The summed E-state index contributed by atoms with van der Waals surface area (Å²) >= 11 is 0. The third kappa shape index (κ3) is 3.37. The maximum atomic E-state index is 12.3. The van der Waals surface area contributed by atoms with Crippen molar-refractivity contribution < 1.29 is 9.59 Å². The van der Waals surface area contributed by atoms with E-state index in [1.165, 1.54) is 6.92 Å². The topological polar surface area (TPSA) is 76.0 Å². The lowest BCUT2D eigenvalue weighted by Crippen LogP contribution is -2.53. The summed E-state index contributed by atoms with van der Waals surface area (Å²) in [5.74, 6) is 0.840. The number of imidazole rings is 1. The monoisotopic (exact) mass is 278 g/mol. The molecule has 0 spiro atoms. The Bertz CT molecular complexity index is 495. The molecule has 6 nitrogen and oxygen atoms in total. The molecule has 0 saturated carbocycles. The van der Waals surface area contributed by atoms with Gasteiger partial charge in [-0.05, 0) is 12.3 Å². The van der Waals surface area contributed by atoms with Gasteiger partial charge in [0.2, 0.25) is 11.8 Å². The standard InChI is InChI=1S/C14H22N4O2/c1-9(2)13(16-10(3)19)14(20)17-11-4-5-12-15-6-7-18(12)8-11/h6-7,9,11,13H,4-5,8H2,1-3H3,(H,16,19)(H,17,20). The van der Waals surface area contributed by atoms with Crippen molar-refractivity contribution in [3.63, 3.8) is 0 Å². The van der Waals surface area contributed by atoms with E-state index < -0.39 is 6.04 Å². The van der Waals surface area contributed by atoms with Crippen LogP contribution in [0.15, 0.2) is 12.4 Å². The van der Waals surface area contributed by atoms with Gasteiger partial charge in [-0.15, -0.1) is 0 Å². The molecule has 2 atom stereocenters. The fourth-order valence-electron chi connectivity index (χ4n) is 2.53. The van der Waals surface area contributed by atoms with Crippen molar-refractivity contribution in [3.8, 4) is 0 Å². The van der Waals surface area contributed by atoms with Crippen molar-refractivity contribution in [2.45, 2.75) is 52.2 Å². The van der Waals surface area contributed by atoms with Gasteiger partial charge < -0.3 is 15.2 Å². The van der Waals surface area contributed by atoms with Crippen LogP contribution in [0, 0.1) is 5.92 Å². The van der Waals surface area contributed by atoms with E-state index in [1.807, 2.05) is 20.0 Å². The number of nitrogens with zero attached hydrogens (tertiary/aromatic N) is 2. The molecule has 1 aliphatic rings. The minimum absolute atomic E-state index is 0.0614. The number of aryl methyl sites for hydroxylation is 1. The first-order valence-corrected chi connectivity index (χ1v) is 7.05. The van der Waals surface area contributed by atoms with Crippen molar-refractivity contribution >= 4 is 11.8 Å². The summed E-state index contributed by atoms with van der Waals surface area (Å²) in [5, 5.41) is 5.75. The van der Waals surface area contributed by atoms with E-state index in [2.05, 4.69) is 20.2 Å². The van der Waals surface area contributed by atoms with Gasteiger partial charge in [-0.1, -0.05) is 13.8 Å². The van der Waals surface area contributed by atoms with E-state index in [0.717, 1.165) is 25.2 Å². The van der Waals surface area contributed by atoms with E-state index in [1.54, 1.807) is 6.20 Å². The SMILES string of the molecule is CC(=O)NC(C(=O)NC1CCc2nccn2C1)C(C)C. The second-order valence-electron chi connectivity index (χ2n) is 5.66. The summed E-state index contributed by atoms with van der Waals surface area (Å²) in [6, 6.07) is -0.379. The number of carbonyl (C=O) groups is 2. The molecule has 1 aliphatic heterocycles. The van der Waals surface area contributed by atoms with Crippen molar-refractivity contribution in [1.29, 1.82) is 0 Å². The summed E-state index contributed by atoms with van der Waals surface area (Å²) in [6.07, 6.45) is 5.47. The van der Waals surface area contributed by atoms with Crippen LogP contribution in [0.2, 0.25) is 0 Å². The molecule has 110 valence electrons. The zero-order valence-corrected chi connectivity index (χ0v) is 12.2. The predicted octanol–water partition coefficient (Wildman–Crippen LogP) is 0.475. The summed E-state index contributed by atoms with van der Waals surface area (Å²) < 4.78 is 2.07. The van der Waals surface area contributed by atoms with Gasteiger partial charge in [-0.25, -0.2) is 4.98 Å². The van der Waals surface area contributed by atoms with Gasteiger partial charge in [-0.3, -0.25) is 9.59 Å². The molecule has 0 aliphatic carbocycles. The van der Waals surface area contributed by atoms with Crippen LogP contribution >= 0.6 is 0 Å². The van der Waals surface area contributed by atoms with Gasteiger partial charge in [0.25, 0.3) is 0 Å². The molecule has 2 unspecified atom stereocenters. The molecule has 6 heteroatoms. The Labute approximate surface area is 119 Å². The third-order valence-corrected chi connectivity index (χ3v) is 3.59. The van der Waals surface area contributed by atoms with Crippen molar-refractivity contribution in [3.05, 3.63) is 18.2 Å². The zero-order chi connectivity index (χ0) is 14.7. The molecule has 2 heterocycles. The molecule has 2 N–H and O–H groups in total.